The molecule has 5 aromatic heterocycles. The van der Waals surface area contributed by atoms with Crippen molar-refractivity contribution >= 4 is 76.5 Å². The van der Waals surface area contributed by atoms with Crippen molar-refractivity contribution in [1.29, 1.82) is 0 Å². The summed E-state index contributed by atoms with van der Waals surface area (Å²) in [6, 6.07) is 56.0. The molecule has 0 saturated carbocycles. The smallest absolute Gasteiger partial charge is 0.244 e. The Bertz CT molecular complexity index is 3740. The van der Waals surface area contributed by atoms with Gasteiger partial charge in [-0.1, -0.05) is 112 Å². The highest BCUT2D eigenvalue weighted by atomic mass is 16.5. The third-order valence-electron chi connectivity index (χ3n) is 12.5. The van der Waals surface area contributed by atoms with E-state index >= 15 is 0 Å². The van der Waals surface area contributed by atoms with E-state index < -0.39 is 0 Å². The van der Waals surface area contributed by atoms with Crippen molar-refractivity contribution in [1.82, 2.24) is 23.3 Å². The molecule has 0 spiro atoms. The average Bonchev–Trinajstić information content (AvgIpc) is 4.00. The normalized spacial score (nSPS) is 12.3. The second-order valence-corrected chi connectivity index (χ2v) is 17.2. The predicted molar refractivity (Wildman–Crippen MR) is 249 cm³/mol. The van der Waals surface area contributed by atoms with Gasteiger partial charge in [0.1, 0.15) is 17.3 Å². The molecule has 12 aromatic rings. The zero-order valence-corrected chi connectivity index (χ0v) is 34.7. The summed E-state index contributed by atoms with van der Waals surface area (Å²) in [5.41, 5.74) is 12.3. The molecule has 61 heavy (non-hydrogen) atoms. The summed E-state index contributed by atoms with van der Waals surface area (Å²) in [6.07, 6.45) is 5.43. The van der Waals surface area contributed by atoms with Gasteiger partial charge in [0.05, 0.1) is 51.4 Å². The lowest BCUT2D eigenvalue weighted by molar-refractivity contribution is -0.572. The summed E-state index contributed by atoms with van der Waals surface area (Å²) in [7, 11) is 4.24. The molecule has 0 aliphatic carbocycles. The minimum Gasteiger partial charge on any atom is -0.458 e. The van der Waals surface area contributed by atoms with Crippen LogP contribution in [-0.2, 0) is 19.5 Å². The Morgan fingerprint density at radius 2 is 1.21 bits per heavy atom. The first-order chi connectivity index (χ1) is 29.7. The number of aromatic nitrogens is 6. The Balaban J connectivity index is 1.21. The summed E-state index contributed by atoms with van der Waals surface area (Å²) >= 11 is 0. The highest BCUT2D eigenvalue weighted by molar-refractivity contribution is 6.40. The molecule has 7 nitrogen and oxygen atoms in total. The van der Waals surface area contributed by atoms with E-state index in [2.05, 4.69) is 198 Å². The van der Waals surface area contributed by atoms with E-state index in [-0.39, 0.29) is 5.41 Å². The van der Waals surface area contributed by atoms with Gasteiger partial charge in [-0.05, 0) is 71.6 Å². The molecule has 0 amide bonds. The molecule has 294 valence electrons. The number of pyridine rings is 1. The summed E-state index contributed by atoms with van der Waals surface area (Å²) in [4.78, 5) is 5.18. The van der Waals surface area contributed by atoms with Crippen molar-refractivity contribution in [2.24, 2.45) is 14.1 Å². The van der Waals surface area contributed by atoms with E-state index in [1.54, 1.807) is 0 Å². The molecule has 0 aliphatic heterocycles. The highest BCUT2D eigenvalue weighted by Crippen LogP contribution is 2.49. The van der Waals surface area contributed by atoms with Crippen LogP contribution in [0.5, 0.6) is 11.5 Å². The number of ether oxygens (including phenoxy) is 1. The van der Waals surface area contributed by atoms with Crippen LogP contribution in [0.25, 0.3) is 93.6 Å². The third-order valence-corrected chi connectivity index (χ3v) is 12.5. The molecule has 0 bridgehead atoms. The summed E-state index contributed by atoms with van der Waals surface area (Å²) in [5, 5.41) is 7.15. The number of rotatable bonds is 5. The van der Waals surface area contributed by atoms with Gasteiger partial charge in [0.2, 0.25) is 6.33 Å². The molecule has 0 atom stereocenters. The van der Waals surface area contributed by atoms with Gasteiger partial charge in [-0.3, -0.25) is 4.57 Å². The number of para-hydroxylation sites is 5. The Labute approximate surface area is 352 Å². The van der Waals surface area contributed by atoms with Gasteiger partial charge in [-0.25, -0.2) is 4.98 Å². The first-order valence-electron chi connectivity index (χ1n) is 20.8. The first-order valence-corrected chi connectivity index (χ1v) is 20.8. The SMILES string of the molecule is Cn1[c-][n+](-c2cccc(Oc3ccc4c5c6c7ccccc7n(C)c6c6c(c7ccccc7n6-c6ccccc6)c5n(-c5cc(C(C)(C)C)ccn5)c4c3)c2)c2ccccc21. The molecule has 5 heterocycles. The van der Waals surface area contributed by atoms with Crippen LogP contribution in [0.3, 0.4) is 0 Å². The second-order valence-electron chi connectivity index (χ2n) is 17.2. The molecule has 0 radical (unpaired) electrons. The lowest BCUT2D eigenvalue weighted by atomic mass is 9.88. The Morgan fingerprint density at radius 3 is 2.02 bits per heavy atom. The molecule has 7 heteroatoms. The van der Waals surface area contributed by atoms with Crippen molar-refractivity contribution in [2.75, 3.05) is 0 Å². The summed E-state index contributed by atoms with van der Waals surface area (Å²) in [5.74, 6) is 2.35. The van der Waals surface area contributed by atoms with Crippen LogP contribution in [0, 0.1) is 6.33 Å². The van der Waals surface area contributed by atoms with Crippen LogP contribution in [0.4, 0.5) is 0 Å². The third kappa shape index (κ3) is 5.16. The lowest BCUT2D eigenvalue weighted by Crippen LogP contribution is -2.29. The monoisotopic (exact) mass is 790 g/mol. The van der Waals surface area contributed by atoms with Crippen molar-refractivity contribution in [3.63, 3.8) is 0 Å². The summed E-state index contributed by atoms with van der Waals surface area (Å²) in [6.45, 7) is 6.78. The number of imidazole rings is 1. The van der Waals surface area contributed by atoms with Gasteiger partial charge in [0.25, 0.3) is 0 Å². The van der Waals surface area contributed by atoms with Crippen molar-refractivity contribution in [2.45, 2.75) is 26.2 Å². The van der Waals surface area contributed by atoms with E-state index in [4.69, 9.17) is 9.72 Å². The molecule has 0 N–H and O–H groups in total. The highest BCUT2D eigenvalue weighted by Gasteiger charge is 2.28. The molecular weight excluding hydrogens is 749 g/mol. The molecule has 0 fully saturated rings. The van der Waals surface area contributed by atoms with Crippen LogP contribution >= 0.6 is 0 Å². The van der Waals surface area contributed by atoms with Crippen LogP contribution in [0.15, 0.2) is 164 Å². The van der Waals surface area contributed by atoms with Crippen LogP contribution in [0.1, 0.15) is 26.3 Å². The van der Waals surface area contributed by atoms with E-state index in [1.807, 2.05) is 29.9 Å². The average molecular weight is 791 g/mol. The fraction of sp³-hybridized carbons (Fsp3) is 0.111. The lowest BCUT2D eigenvalue weighted by Gasteiger charge is -2.20. The number of aryl methyl sites for hydroxylation is 2. The van der Waals surface area contributed by atoms with Gasteiger partial charge in [0, 0.05) is 62.8 Å². The zero-order valence-electron chi connectivity index (χ0n) is 34.7. The van der Waals surface area contributed by atoms with E-state index in [0.717, 1.165) is 61.7 Å². The van der Waals surface area contributed by atoms with Gasteiger partial charge in [-0.2, -0.15) is 0 Å². The quantitative estimate of drug-likeness (QED) is 0.129. The molecule has 0 unspecified atom stereocenters. The van der Waals surface area contributed by atoms with E-state index in [1.165, 1.54) is 49.0 Å². The zero-order chi connectivity index (χ0) is 41.1. The van der Waals surface area contributed by atoms with Gasteiger partial charge >= 0.3 is 0 Å². The van der Waals surface area contributed by atoms with Crippen LogP contribution in [0.2, 0.25) is 0 Å². The maximum absolute atomic E-state index is 6.84. The van der Waals surface area contributed by atoms with Gasteiger partial charge < -0.3 is 23.0 Å². The maximum Gasteiger partial charge on any atom is 0.244 e. The molecule has 0 aliphatic rings. The number of fused-ring (bicyclic) bond motifs is 13. The Hall–Kier alpha value is -7.64. The number of hydrogen-bond acceptors (Lipinski definition) is 2. The molecular formula is C54H42N6O. The minimum atomic E-state index is -0.0865. The number of benzene rings is 7. The number of nitrogens with zero attached hydrogens (tertiary/aromatic N) is 6. The standard InChI is InChI=1S/C54H42N6O/c1-54(2,3)34-28-29-55-47(30-34)60-46-32-38(61-37-19-15-18-36(31-37)58-33-56(4)44-24-13-14-25-45(44)58)26-27-41(46)48-49-39-20-9-11-22-42(39)57(5)52(49)53-50(51(48)60)40-21-10-12-23-43(40)59(53)35-16-7-6-8-17-35/h6-32H,1-5H3. The second kappa shape index (κ2) is 12.9. The summed E-state index contributed by atoms with van der Waals surface area (Å²) < 4.78 is 18.2. The van der Waals surface area contributed by atoms with Crippen molar-refractivity contribution in [3.8, 4) is 28.7 Å². The topological polar surface area (TPSA) is 45.7 Å². The van der Waals surface area contributed by atoms with Crippen LogP contribution in [-0.4, -0.2) is 23.3 Å². The molecule has 0 saturated heterocycles. The van der Waals surface area contributed by atoms with Crippen LogP contribution < -0.4 is 9.30 Å². The van der Waals surface area contributed by atoms with Crippen molar-refractivity contribution < 1.29 is 9.30 Å². The first kappa shape index (κ1) is 35.3. The minimum absolute atomic E-state index is 0.0865. The van der Waals surface area contributed by atoms with Crippen molar-refractivity contribution in [3.05, 3.63) is 176 Å². The van der Waals surface area contributed by atoms with E-state index in [9.17, 15) is 0 Å². The number of hydrogen-bond donors (Lipinski definition) is 0. The fourth-order valence-electron chi connectivity index (χ4n) is 9.75. The van der Waals surface area contributed by atoms with Gasteiger partial charge in [-0.15, -0.1) is 0 Å². The predicted octanol–water partition coefficient (Wildman–Crippen LogP) is 12.6. The Morgan fingerprint density at radius 1 is 0.541 bits per heavy atom. The fourth-order valence-corrected chi connectivity index (χ4v) is 9.75. The Kier molecular flexibility index (Phi) is 7.49. The maximum atomic E-state index is 6.84. The molecule has 7 aromatic carbocycles. The largest absolute Gasteiger partial charge is 0.458 e. The van der Waals surface area contributed by atoms with Gasteiger partial charge in [0.15, 0.2) is 0 Å². The van der Waals surface area contributed by atoms with E-state index in [0.29, 0.717) is 0 Å². The molecule has 12 rings (SSSR count).